The van der Waals surface area contributed by atoms with Crippen molar-refractivity contribution in [3.63, 3.8) is 0 Å². The van der Waals surface area contributed by atoms with E-state index in [1.54, 1.807) is 24.2 Å². The van der Waals surface area contributed by atoms with Crippen LogP contribution in [-0.2, 0) is 9.59 Å². The number of rotatable bonds is 6. The van der Waals surface area contributed by atoms with Crippen LogP contribution in [0.2, 0.25) is 0 Å². The Balaban J connectivity index is 1.43. The number of nitrogens with zero attached hydrogens (tertiary/aromatic N) is 1. The van der Waals surface area contributed by atoms with Gasteiger partial charge in [-0.05, 0) is 48.0 Å². The highest BCUT2D eigenvalue weighted by atomic mass is 19.1. The fourth-order valence-electron chi connectivity index (χ4n) is 3.17. The van der Waals surface area contributed by atoms with E-state index in [2.05, 4.69) is 5.32 Å². The van der Waals surface area contributed by atoms with E-state index in [-0.39, 0.29) is 17.6 Å². The standard InChI is InChI=1S/C22H24FN3O3/c1-29-20-9-2-17(3-10-20)4-11-22(28)26-14-12-25(13-15-26)16-21(27)24-19-7-5-18(23)6-8-19/h2-11H,12-16H2,1H3,(H,24,27)/p+1/b11-4+. The van der Waals surface area contributed by atoms with Gasteiger partial charge in [0.15, 0.2) is 6.54 Å². The number of ether oxygens (including phenoxy) is 1. The second-order valence-corrected chi connectivity index (χ2v) is 6.91. The first kappa shape index (κ1) is 20.5. The molecule has 1 heterocycles. The van der Waals surface area contributed by atoms with Crippen molar-refractivity contribution >= 4 is 23.6 Å². The number of benzene rings is 2. The number of carbonyl (C=O) groups excluding carboxylic acids is 2. The smallest absolute Gasteiger partial charge is 0.279 e. The van der Waals surface area contributed by atoms with Crippen LogP contribution in [0.15, 0.2) is 54.6 Å². The third kappa shape index (κ3) is 6.15. The van der Waals surface area contributed by atoms with Crippen LogP contribution < -0.4 is 15.0 Å². The Morgan fingerprint density at radius 2 is 1.76 bits per heavy atom. The molecule has 1 aliphatic heterocycles. The lowest BCUT2D eigenvalue weighted by molar-refractivity contribution is -0.895. The Hall–Kier alpha value is -3.19. The van der Waals surface area contributed by atoms with Crippen molar-refractivity contribution in [1.29, 1.82) is 0 Å². The van der Waals surface area contributed by atoms with Gasteiger partial charge >= 0.3 is 0 Å². The Morgan fingerprint density at radius 3 is 2.38 bits per heavy atom. The van der Waals surface area contributed by atoms with E-state index in [0.717, 1.165) is 16.2 Å². The number of quaternary nitrogens is 1. The molecule has 0 spiro atoms. The van der Waals surface area contributed by atoms with E-state index in [0.29, 0.717) is 38.4 Å². The maximum Gasteiger partial charge on any atom is 0.279 e. The van der Waals surface area contributed by atoms with Gasteiger partial charge in [-0.3, -0.25) is 9.59 Å². The average molecular weight is 398 g/mol. The quantitative estimate of drug-likeness (QED) is 0.720. The number of piperazine rings is 1. The highest BCUT2D eigenvalue weighted by Crippen LogP contribution is 2.12. The molecule has 7 heteroatoms. The molecule has 0 atom stereocenters. The first-order chi connectivity index (χ1) is 14.0. The van der Waals surface area contributed by atoms with Gasteiger partial charge in [-0.15, -0.1) is 0 Å². The Labute approximate surface area is 169 Å². The zero-order valence-electron chi connectivity index (χ0n) is 16.4. The van der Waals surface area contributed by atoms with Crippen molar-refractivity contribution < 1.29 is 23.6 Å². The number of hydrogen-bond donors (Lipinski definition) is 2. The second-order valence-electron chi connectivity index (χ2n) is 6.91. The minimum atomic E-state index is -0.338. The summed E-state index contributed by atoms with van der Waals surface area (Å²) in [5, 5.41) is 2.77. The summed E-state index contributed by atoms with van der Waals surface area (Å²) in [7, 11) is 1.61. The molecule has 2 aromatic carbocycles. The molecule has 0 unspecified atom stereocenters. The van der Waals surface area contributed by atoms with Crippen molar-refractivity contribution in [3.05, 3.63) is 66.0 Å². The van der Waals surface area contributed by atoms with Crippen LogP contribution in [-0.4, -0.2) is 56.5 Å². The van der Waals surface area contributed by atoms with Gasteiger partial charge in [0.2, 0.25) is 5.91 Å². The molecule has 0 radical (unpaired) electrons. The van der Waals surface area contributed by atoms with Crippen LogP contribution in [0.25, 0.3) is 6.08 Å². The lowest BCUT2D eigenvalue weighted by Crippen LogP contribution is -3.15. The summed E-state index contributed by atoms with van der Waals surface area (Å²) in [4.78, 5) is 27.5. The minimum Gasteiger partial charge on any atom is -0.497 e. The molecular formula is C22H25FN3O3+. The summed E-state index contributed by atoms with van der Waals surface area (Å²) < 4.78 is 18.0. The van der Waals surface area contributed by atoms with Crippen molar-refractivity contribution in [2.75, 3.05) is 45.2 Å². The largest absolute Gasteiger partial charge is 0.497 e. The third-order valence-electron chi connectivity index (χ3n) is 4.85. The van der Waals surface area contributed by atoms with E-state index >= 15 is 0 Å². The first-order valence-corrected chi connectivity index (χ1v) is 9.53. The minimum absolute atomic E-state index is 0.0318. The first-order valence-electron chi connectivity index (χ1n) is 9.53. The van der Waals surface area contributed by atoms with E-state index in [1.807, 2.05) is 24.3 Å². The summed E-state index contributed by atoms with van der Waals surface area (Å²) >= 11 is 0. The summed E-state index contributed by atoms with van der Waals surface area (Å²) in [6.45, 7) is 2.94. The highest BCUT2D eigenvalue weighted by Gasteiger charge is 2.24. The molecule has 2 amide bonds. The summed E-state index contributed by atoms with van der Waals surface area (Å²) in [5.41, 5.74) is 1.51. The Bertz CT molecular complexity index is 858. The molecule has 1 fully saturated rings. The van der Waals surface area contributed by atoms with Gasteiger partial charge in [0.25, 0.3) is 5.91 Å². The molecule has 0 aromatic heterocycles. The fourth-order valence-corrected chi connectivity index (χ4v) is 3.17. The molecule has 3 rings (SSSR count). The molecule has 2 aromatic rings. The molecule has 29 heavy (non-hydrogen) atoms. The van der Waals surface area contributed by atoms with Crippen LogP contribution in [0.4, 0.5) is 10.1 Å². The molecule has 152 valence electrons. The average Bonchev–Trinajstić information content (AvgIpc) is 2.74. The maximum atomic E-state index is 12.9. The number of carbonyl (C=O) groups is 2. The van der Waals surface area contributed by atoms with Crippen molar-refractivity contribution in [2.45, 2.75) is 0 Å². The maximum absolute atomic E-state index is 12.9. The van der Waals surface area contributed by atoms with Crippen LogP contribution in [0.3, 0.4) is 0 Å². The van der Waals surface area contributed by atoms with Gasteiger partial charge in [0.05, 0.1) is 33.3 Å². The zero-order valence-corrected chi connectivity index (χ0v) is 16.4. The summed E-state index contributed by atoms with van der Waals surface area (Å²) in [5.74, 6) is 0.285. The molecule has 0 aliphatic carbocycles. The number of anilines is 1. The Morgan fingerprint density at radius 1 is 1.10 bits per heavy atom. The molecule has 6 nitrogen and oxygen atoms in total. The number of methoxy groups -OCH3 is 1. The fraction of sp³-hybridized carbons (Fsp3) is 0.273. The molecular weight excluding hydrogens is 373 g/mol. The Kier molecular flexibility index (Phi) is 6.97. The van der Waals surface area contributed by atoms with E-state index in [9.17, 15) is 14.0 Å². The van der Waals surface area contributed by atoms with Crippen molar-refractivity contribution in [1.82, 2.24) is 4.90 Å². The topological polar surface area (TPSA) is 63.1 Å². The van der Waals surface area contributed by atoms with Crippen LogP contribution in [0.5, 0.6) is 5.75 Å². The molecule has 1 aliphatic rings. The van der Waals surface area contributed by atoms with Gasteiger partial charge in [0, 0.05) is 11.8 Å². The third-order valence-corrected chi connectivity index (χ3v) is 4.85. The van der Waals surface area contributed by atoms with E-state index < -0.39 is 0 Å². The number of amides is 2. The van der Waals surface area contributed by atoms with Crippen molar-refractivity contribution in [2.24, 2.45) is 0 Å². The number of halogens is 1. The van der Waals surface area contributed by atoms with Gasteiger partial charge in [0.1, 0.15) is 11.6 Å². The number of nitrogens with one attached hydrogen (secondary N) is 2. The van der Waals surface area contributed by atoms with Gasteiger partial charge in [-0.1, -0.05) is 12.1 Å². The highest BCUT2D eigenvalue weighted by molar-refractivity contribution is 5.92. The van der Waals surface area contributed by atoms with E-state index in [1.165, 1.54) is 24.3 Å². The predicted octanol–water partition coefficient (Wildman–Crippen LogP) is 1.21. The molecule has 0 saturated carbocycles. The summed E-state index contributed by atoms with van der Waals surface area (Å²) in [6, 6.07) is 13.2. The zero-order chi connectivity index (χ0) is 20.6. The normalized spacial score (nSPS) is 14.8. The number of hydrogen-bond acceptors (Lipinski definition) is 3. The molecule has 2 N–H and O–H groups in total. The van der Waals surface area contributed by atoms with Gasteiger partial charge < -0.3 is 19.9 Å². The van der Waals surface area contributed by atoms with E-state index in [4.69, 9.17) is 4.74 Å². The van der Waals surface area contributed by atoms with Crippen LogP contribution >= 0.6 is 0 Å². The van der Waals surface area contributed by atoms with Gasteiger partial charge in [-0.2, -0.15) is 0 Å². The summed E-state index contributed by atoms with van der Waals surface area (Å²) in [6.07, 6.45) is 3.37. The second kappa shape index (κ2) is 9.84. The van der Waals surface area contributed by atoms with Crippen LogP contribution in [0.1, 0.15) is 5.56 Å². The molecule has 0 bridgehead atoms. The monoisotopic (exact) mass is 398 g/mol. The van der Waals surface area contributed by atoms with Gasteiger partial charge in [-0.25, -0.2) is 4.39 Å². The molecule has 1 saturated heterocycles. The SMILES string of the molecule is COc1ccc(/C=C/C(=O)N2CC[NH+](CC(=O)Nc3ccc(F)cc3)CC2)cc1. The lowest BCUT2D eigenvalue weighted by Gasteiger charge is -2.31. The lowest BCUT2D eigenvalue weighted by atomic mass is 10.2. The van der Waals surface area contributed by atoms with Crippen LogP contribution in [0, 0.1) is 5.82 Å². The predicted molar refractivity (Wildman–Crippen MR) is 109 cm³/mol. The van der Waals surface area contributed by atoms with Crippen molar-refractivity contribution in [3.8, 4) is 5.75 Å².